The van der Waals surface area contributed by atoms with E-state index in [0.717, 1.165) is 15.4 Å². The van der Waals surface area contributed by atoms with Crippen molar-refractivity contribution in [3.8, 4) is 0 Å². The van der Waals surface area contributed by atoms with E-state index in [0.29, 0.717) is 33.3 Å². The average molecular weight is 681 g/mol. The molecule has 0 spiro atoms. The van der Waals surface area contributed by atoms with Gasteiger partial charge in [0.1, 0.15) is 12.6 Å². The maximum Gasteiger partial charge on any atom is 0.264 e. The molecule has 10 heteroatoms. The van der Waals surface area contributed by atoms with E-state index in [1.54, 1.807) is 55.5 Å². The van der Waals surface area contributed by atoms with Crippen molar-refractivity contribution in [2.75, 3.05) is 10.8 Å². The highest BCUT2D eigenvalue weighted by Crippen LogP contribution is 2.30. The summed E-state index contributed by atoms with van der Waals surface area (Å²) in [5.74, 6) is -0.950. The lowest BCUT2D eigenvalue weighted by Crippen LogP contribution is -2.54. The highest BCUT2D eigenvalue weighted by Gasteiger charge is 2.36. The number of sulfonamides is 1. The van der Waals surface area contributed by atoms with Crippen molar-refractivity contribution in [3.63, 3.8) is 0 Å². The maximum absolute atomic E-state index is 14.7. The minimum Gasteiger partial charge on any atom is -0.352 e. The molecular formula is C36H39Cl2N3O4S. The highest BCUT2D eigenvalue weighted by atomic mass is 35.5. The van der Waals surface area contributed by atoms with Gasteiger partial charge < -0.3 is 10.2 Å². The van der Waals surface area contributed by atoms with Crippen LogP contribution in [-0.4, -0.2) is 43.8 Å². The van der Waals surface area contributed by atoms with Crippen LogP contribution in [0.2, 0.25) is 10.0 Å². The molecule has 0 saturated carbocycles. The van der Waals surface area contributed by atoms with Crippen LogP contribution in [0.4, 0.5) is 5.69 Å². The molecule has 0 unspecified atom stereocenters. The first kappa shape index (κ1) is 35.0. The Balaban J connectivity index is 1.86. The summed E-state index contributed by atoms with van der Waals surface area (Å²) in [6.45, 7) is 6.89. The molecule has 0 fully saturated rings. The van der Waals surface area contributed by atoms with Gasteiger partial charge in [-0.1, -0.05) is 102 Å². The fourth-order valence-corrected chi connectivity index (χ4v) is 7.18. The summed E-state index contributed by atoms with van der Waals surface area (Å²) in [4.78, 5) is 30.1. The predicted molar refractivity (Wildman–Crippen MR) is 186 cm³/mol. The van der Waals surface area contributed by atoms with Crippen LogP contribution in [0.5, 0.6) is 0 Å². The minimum absolute atomic E-state index is 0.0406. The number of halogens is 2. The van der Waals surface area contributed by atoms with Crippen molar-refractivity contribution in [2.45, 2.75) is 64.1 Å². The first-order valence-electron chi connectivity index (χ1n) is 15.1. The first-order valence-corrected chi connectivity index (χ1v) is 17.3. The second-order valence-electron chi connectivity index (χ2n) is 11.4. The zero-order valence-corrected chi connectivity index (χ0v) is 28.7. The summed E-state index contributed by atoms with van der Waals surface area (Å²) in [5, 5.41) is 3.68. The largest absolute Gasteiger partial charge is 0.352 e. The van der Waals surface area contributed by atoms with Crippen LogP contribution < -0.4 is 9.62 Å². The van der Waals surface area contributed by atoms with Gasteiger partial charge in [-0.2, -0.15) is 0 Å². The van der Waals surface area contributed by atoms with Gasteiger partial charge in [-0.25, -0.2) is 8.42 Å². The zero-order chi connectivity index (χ0) is 33.4. The Kier molecular flexibility index (Phi) is 11.9. The summed E-state index contributed by atoms with van der Waals surface area (Å²) >= 11 is 13.2. The third-order valence-corrected chi connectivity index (χ3v) is 10.4. The molecule has 0 saturated heterocycles. The number of hydrogen-bond acceptors (Lipinski definition) is 4. The molecule has 1 N–H and O–H groups in total. The smallest absolute Gasteiger partial charge is 0.264 e. The van der Waals surface area contributed by atoms with Crippen molar-refractivity contribution in [2.24, 2.45) is 0 Å². The molecule has 0 aliphatic carbocycles. The SMILES string of the molecule is CC[C@@H](C)NC(=O)[C@@H](Cc1ccccc1)N(Cc1c(Cl)cccc1Cl)C(=O)CN(c1ccc(C)cc1C)S(=O)(=O)c1ccccc1. The number of nitrogens with one attached hydrogen (secondary N) is 1. The average Bonchev–Trinajstić information content (AvgIpc) is 3.03. The molecule has 4 aromatic carbocycles. The summed E-state index contributed by atoms with van der Waals surface area (Å²) in [7, 11) is -4.20. The number of nitrogens with zero attached hydrogens (tertiary/aromatic N) is 2. The Morgan fingerprint density at radius 1 is 0.848 bits per heavy atom. The van der Waals surface area contributed by atoms with Crippen molar-refractivity contribution < 1.29 is 18.0 Å². The molecule has 2 atom stereocenters. The van der Waals surface area contributed by atoms with Crippen LogP contribution in [0.1, 0.15) is 42.5 Å². The van der Waals surface area contributed by atoms with Gasteiger partial charge in [0.2, 0.25) is 11.8 Å². The van der Waals surface area contributed by atoms with E-state index in [-0.39, 0.29) is 29.8 Å². The fourth-order valence-electron chi connectivity index (χ4n) is 5.17. The molecule has 0 aromatic heterocycles. The standard InChI is InChI=1S/C36H39Cl2N3O4S/c1-5-27(4)39-36(43)34(22-28-13-8-6-9-14-28)40(23-30-31(37)17-12-18-32(30)38)35(42)24-41(33-20-19-25(2)21-26(33)3)46(44,45)29-15-10-7-11-16-29/h6-21,27,34H,5,22-24H2,1-4H3,(H,39,43)/t27-,34-/m1/s1. The van der Waals surface area contributed by atoms with E-state index in [2.05, 4.69) is 5.32 Å². The molecule has 0 heterocycles. The van der Waals surface area contributed by atoms with Gasteiger partial charge >= 0.3 is 0 Å². The molecule has 242 valence electrons. The van der Waals surface area contributed by atoms with Crippen molar-refractivity contribution in [1.29, 1.82) is 0 Å². The van der Waals surface area contributed by atoms with Gasteiger partial charge in [-0.05, 0) is 68.7 Å². The Hall–Kier alpha value is -3.85. The van der Waals surface area contributed by atoms with E-state index in [1.807, 2.05) is 57.2 Å². The van der Waals surface area contributed by atoms with Gasteiger partial charge in [0.05, 0.1) is 10.6 Å². The molecule has 4 aromatic rings. The van der Waals surface area contributed by atoms with Crippen LogP contribution in [0, 0.1) is 13.8 Å². The number of hydrogen-bond donors (Lipinski definition) is 1. The molecule has 0 bridgehead atoms. The Labute approximate surface area is 282 Å². The van der Waals surface area contributed by atoms with Gasteiger partial charge in [-0.15, -0.1) is 0 Å². The van der Waals surface area contributed by atoms with E-state index in [9.17, 15) is 18.0 Å². The van der Waals surface area contributed by atoms with Crippen molar-refractivity contribution >= 4 is 50.7 Å². The number of amides is 2. The monoisotopic (exact) mass is 679 g/mol. The van der Waals surface area contributed by atoms with E-state index < -0.39 is 28.5 Å². The zero-order valence-electron chi connectivity index (χ0n) is 26.4. The minimum atomic E-state index is -4.20. The van der Waals surface area contributed by atoms with Crippen LogP contribution in [0.15, 0.2) is 102 Å². The second-order valence-corrected chi connectivity index (χ2v) is 14.0. The van der Waals surface area contributed by atoms with Gasteiger partial charge in [0.15, 0.2) is 0 Å². The van der Waals surface area contributed by atoms with Crippen LogP contribution in [0.3, 0.4) is 0 Å². The number of aryl methyl sites for hydroxylation is 2. The molecule has 2 amide bonds. The molecule has 7 nitrogen and oxygen atoms in total. The third-order valence-electron chi connectivity index (χ3n) is 7.89. The third kappa shape index (κ3) is 8.49. The summed E-state index contributed by atoms with van der Waals surface area (Å²) < 4.78 is 29.5. The van der Waals surface area contributed by atoms with E-state index in [4.69, 9.17) is 23.2 Å². The Bertz CT molecular complexity index is 1750. The van der Waals surface area contributed by atoms with Crippen molar-refractivity contribution in [3.05, 3.63) is 129 Å². The highest BCUT2D eigenvalue weighted by molar-refractivity contribution is 7.92. The van der Waals surface area contributed by atoms with Gasteiger partial charge in [0.25, 0.3) is 10.0 Å². The molecule has 0 radical (unpaired) electrons. The van der Waals surface area contributed by atoms with Gasteiger partial charge in [0, 0.05) is 34.6 Å². The quantitative estimate of drug-likeness (QED) is 0.160. The Morgan fingerprint density at radius 3 is 2.04 bits per heavy atom. The summed E-state index contributed by atoms with van der Waals surface area (Å²) in [6.07, 6.45) is 0.871. The molecule has 0 aliphatic rings. The lowest BCUT2D eigenvalue weighted by molar-refractivity contribution is -0.140. The molecule has 46 heavy (non-hydrogen) atoms. The Morgan fingerprint density at radius 2 is 1.46 bits per heavy atom. The van der Waals surface area contributed by atoms with Crippen LogP contribution in [0.25, 0.3) is 0 Å². The molecular weight excluding hydrogens is 641 g/mol. The topological polar surface area (TPSA) is 86.8 Å². The fraction of sp³-hybridized carbons (Fsp3) is 0.278. The summed E-state index contributed by atoms with van der Waals surface area (Å²) in [5.41, 5.74) is 3.28. The lowest BCUT2D eigenvalue weighted by Gasteiger charge is -2.35. The van der Waals surface area contributed by atoms with E-state index >= 15 is 0 Å². The van der Waals surface area contributed by atoms with Crippen molar-refractivity contribution in [1.82, 2.24) is 10.2 Å². The number of rotatable bonds is 13. The predicted octanol–water partition coefficient (Wildman–Crippen LogP) is 7.36. The lowest BCUT2D eigenvalue weighted by atomic mass is 10.0. The van der Waals surface area contributed by atoms with Crippen LogP contribution >= 0.6 is 23.2 Å². The number of anilines is 1. The normalized spacial score (nSPS) is 12.7. The number of carbonyl (C=O) groups is 2. The van der Waals surface area contributed by atoms with Gasteiger partial charge in [-0.3, -0.25) is 13.9 Å². The first-order chi connectivity index (χ1) is 21.9. The maximum atomic E-state index is 14.7. The summed E-state index contributed by atoms with van der Waals surface area (Å²) in [6, 6.07) is 26.6. The van der Waals surface area contributed by atoms with E-state index in [1.165, 1.54) is 17.0 Å². The molecule has 0 aliphatic heterocycles. The van der Waals surface area contributed by atoms with Crippen LogP contribution in [-0.2, 0) is 32.6 Å². The number of benzene rings is 4. The number of carbonyl (C=O) groups excluding carboxylic acids is 2. The second kappa shape index (κ2) is 15.6. The molecule has 4 rings (SSSR count).